The molecule has 3 nitrogen and oxygen atoms in total. The third kappa shape index (κ3) is 5.26. The SMILES string of the molecule is c1ccc(-c2ccc(N(c3ccc(-c4ccc5c(c4)C4(c6ccccc6-5)c5ccc6ccccc6c5Oc5c4ccc4ccccc54)cc3)c3cccc4c3oc3ccccc34)cc2)cc1. The molecule has 0 N–H and O–H groups in total. The second kappa shape index (κ2) is 14.2. The Balaban J connectivity index is 0.948. The smallest absolute Gasteiger partial charge is 0.159 e. The summed E-state index contributed by atoms with van der Waals surface area (Å²) in [5.74, 6) is 1.84. The summed E-state index contributed by atoms with van der Waals surface area (Å²) in [6.45, 7) is 0. The minimum absolute atomic E-state index is 0.618. The fourth-order valence-corrected chi connectivity index (χ4v) is 11.2. The lowest BCUT2D eigenvalue weighted by Gasteiger charge is -2.40. The molecule has 3 heteroatoms. The van der Waals surface area contributed by atoms with Crippen LogP contribution < -0.4 is 9.64 Å². The first kappa shape index (κ1) is 36.8. The van der Waals surface area contributed by atoms with Gasteiger partial charge in [0.25, 0.3) is 0 Å². The quantitative estimate of drug-likeness (QED) is 0.173. The number of para-hydroxylation sites is 2. The van der Waals surface area contributed by atoms with Gasteiger partial charge in [-0.3, -0.25) is 0 Å². The van der Waals surface area contributed by atoms with Crippen LogP contribution in [0.4, 0.5) is 17.1 Å². The molecule has 0 amide bonds. The van der Waals surface area contributed by atoms with Crippen molar-refractivity contribution in [2.75, 3.05) is 4.90 Å². The zero-order chi connectivity index (χ0) is 43.3. The molecule has 2 aliphatic rings. The standard InChI is InChI=1S/C63H39NO2/c1-2-13-40(14-3-1)41-25-32-46(33-26-41)64(58-23-12-21-53-52-20-9-11-24-59(52)65-62(53)58)47-34-27-42(28-35-47)45-29-36-51-50-19-8-10-22-54(50)63(57(51)39-45)55-37-30-43-15-4-6-17-48(43)60(55)66-61-49-18-7-5-16-44(49)31-38-56(61)63/h1-39H. The van der Waals surface area contributed by atoms with Crippen LogP contribution in [0.15, 0.2) is 241 Å². The number of hydrogen-bond donors (Lipinski definition) is 0. The van der Waals surface area contributed by atoms with Crippen molar-refractivity contribution in [2.45, 2.75) is 5.41 Å². The van der Waals surface area contributed by atoms with Gasteiger partial charge in [-0.15, -0.1) is 0 Å². The number of nitrogens with zero attached hydrogens (tertiary/aromatic N) is 1. The van der Waals surface area contributed by atoms with Gasteiger partial charge in [0.1, 0.15) is 17.1 Å². The van der Waals surface area contributed by atoms with Crippen molar-refractivity contribution in [3.05, 3.63) is 259 Å². The van der Waals surface area contributed by atoms with Crippen LogP contribution in [0, 0.1) is 0 Å². The number of ether oxygens (including phenoxy) is 1. The van der Waals surface area contributed by atoms with E-state index in [9.17, 15) is 0 Å². The molecule has 0 fully saturated rings. The number of rotatable bonds is 5. The predicted molar refractivity (Wildman–Crippen MR) is 272 cm³/mol. The van der Waals surface area contributed by atoms with Gasteiger partial charge < -0.3 is 14.1 Å². The van der Waals surface area contributed by atoms with Crippen molar-refractivity contribution < 1.29 is 9.15 Å². The lowest BCUT2D eigenvalue weighted by Crippen LogP contribution is -2.32. The van der Waals surface area contributed by atoms with Gasteiger partial charge in [-0.1, -0.05) is 194 Å². The highest BCUT2D eigenvalue weighted by atomic mass is 16.5. The maximum absolute atomic E-state index is 7.21. The van der Waals surface area contributed by atoms with Crippen LogP contribution in [0.1, 0.15) is 22.3 Å². The van der Waals surface area contributed by atoms with Gasteiger partial charge in [0, 0.05) is 44.0 Å². The molecule has 14 rings (SSSR count). The van der Waals surface area contributed by atoms with Gasteiger partial charge in [-0.2, -0.15) is 0 Å². The molecule has 0 saturated heterocycles. The van der Waals surface area contributed by atoms with Crippen molar-refractivity contribution in [3.63, 3.8) is 0 Å². The van der Waals surface area contributed by atoms with Crippen LogP contribution in [0.2, 0.25) is 0 Å². The van der Waals surface area contributed by atoms with E-state index >= 15 is 0 Å². The van der Waals surface area contributed by atoms with E-state index in [0.717, 1.165) is 94.3 Å². The number of benzene rings is 11. The Morgan fingerprint density at radius 1 is 0.333 bits per heavy atom. The van der Waals surface area contributed by atoms with E-state index in [4.69, 9.17) is 9.15 Å². The lowest BCUT2D eigenvalue weighted by atomic mass is 9.65. The Labute approximate surface area is 382 Å². The average Bonchev–Trinajstić information content (AvgIpc) is 3.91. The van der Waals surface area contributed by atoms with E-state index in [1.165, 1.54) is 33.4 Å². The van der Waals surface area contributed by atoms with Crippen LogP contribution in [-0.2, 0) is 5.41 Å². The van der Waals surface area contributed by atoms with Crippen molar-refractivity contribution in [2.24, 2.45) is 0 Å². The van der Waals surface area contributed by atoms with Crippen molar-refractivity contribution in [3.8, 4) is 44.9 Å². The van der Waals surface area contributed by atoms with Gasteiger partial charge in [0.05, 0.1) is 11.1 Å². The molecule has 12 aromatic rings. The first-order valence-corrected chi connectivity index (χ1v) is 22.7. The summed E-state index contributed by atoms with van der Waals surface area (Å²) in [7, 11) is 0. The van der Waals surface area contributed by atoms with E-state index < -0.39 is 5.41 Å². The van der Waals surface area contributed by atoms with E-state index in [-0.39, 0.29) is 0 Å². The Morgan fingerprint density at radius 2 is 0.864 bits per heavy atom. The minimum Gasteiger partial charge on any atom is -0.455 e. The highest BCUT2D eigenvalue weighted by Crippen LogP contribution is 2.64. The van der Waals surface area contributed by atoms with Crippen molar-refractivity contribution in [1.29, 1.82) is 0 Å². The van der Waals surface area contributed by atoms with E-state index in [0.29, 0.717) is 0 Å². The highest BCUT2D eigenvalue weighted by Gasteiger charge is 2.52. The molecule has 0 radical (unpaired) electrons. The largest absolute Gasteiger partial charge is 0.455 e. The first-order valence-electron chi connectivity index (χ1n) is 22.7. The normalized spacial score (nSPS) is 13.1. The van der Waals surface area contributed by atoms with Crippen LogP contribution in [0.5, 0.6) is 11.5 Å². The van der Waals surface area contributed by atoms with Crippen LogP contribution in [0.3, 0.4) is 0 Å². The maximum atomic E-state index is 7.21. The molecule has 308 valence electrons. The van der Waals surface area contributed by atoms with E-state index in [2.05, 4.69) is 229 Å². The summed E-state index contributed by atoms with van der Waals surface area (Å²) in [5, 5.41) is 6.75. The maximum Gasteiger partial charge on any atom is 0.159 e. The first-order chi connectivity index (χ1) is 32.7. The summed E-state index contributed by atoms with van der Waals surface area (Å²) in [4.78, 5) is 2.32. The molecule has 0 saturated carbocycles. The molecule has 11 aromatic carbocycles. The Hall–Kier alpha value is -8.66. The highest BCUT2D eigenvalue weighted by molar-refractivity contribution is 6.10. The Kier molecular flexibility index (Phi) is 7.90. The topological polar surface area (TPSA) is 25.6 Å². The summed E-state index contributed by atoms with van der Waals surface area (Å²) in [5.41, 5.74) is 16.2. The van der Waals surface area contributed by atoms with Crippen molar-refractivity contribution >= 4 is 60.5 Å². The van der Waals surface area contributed by atoms with Gasteiger partial charge in [0.2, 0.25) is 0 Å². The number of hydrogen-bond acceptors (Lipinski definition) is 3. The molecular weight excluding hydrogens is 803 g/mol. The minimum atomic E-state index is -0.618. The molecule has 0 atom stereocenters. The molecule has 0 unspecified atom stereocenters. The fraction of sp³-hybridized carbons (Fsp3) is 0.0159. The predicted octanol–water partition coefficient (Wildman–Crippen LogP) is 17.2. The number of fused-ring (bicyclic) bond motifs is 16. The molecule has 1 spiro atoms. The van der Waals surface area contributed by atoms with Crippen LogP contribution in [0.25, 0.3) is 76.9 Å². The third-order valence-corrected chi connectivity index (χ3v) is 14.1. The van der Waals surface area contributed by atoms with Crippen molar-refractivity contribution in [1.82, 2.24) is 0 Å². The number of anilines is 3. The van der Waals surface area contributed by atoms with Crippen LogP contribution in [-0.4, -0.2) is 0 Å². The average molecular weight is 842 g/mol. The van der Waals surface area contributed by atoms with E-state index in [1.54, 1.807) is 0 Å². The van der Waals surface area contributed by atoms with Crippen LogP contribution >= 0.6 is 0 Å². The molecule has 0 bridgehead atoms. The molecular formula is C63H39NO2. The zero-order valence-corrected chi connectivity index (χ0v) is 35.8. The number of furan rings is 1. The summed E-state index contributed by atoms with van der Waals surface area (Å²) < 4.78 is 13.9. The second-order valence-electron chi connectivity index (χ2n) is 17.5. The summed E-state index contributed by atoms with van der Waals surface area (Å²) in [6, 6.07) is 85.6. The van der Waals surface area contributed by atoms with Gasteiger partial charge in [-0.05, 0) is 97.7 Å². The molecule has 1 aliphatic heterocycles. The second-order valence-corrected chi connectivity index (χ2v) is 17.5. The molecule has 66 heavy (non-hydrogen) atoms. The molecule has 2 heterocycles. The lowest BCUT2D eigenvalue weighted by molar-refractivity contribution is 0.447. The Morgan fingerprint density at radius 3 is 1.56 bits per heavy atom. The summed E-state index contributed by atoms with van der Waals surface area (Å²) in [6.07, 6.45) is 0. The zero-order valence-electron chi connectivity index (χ0n) is 35.8. The fourth-order valence-electron chi connectivity index (χ4n) is 11.2. The van der Waals surface area contributed by atoms with Gasteiger partial charge in [-0.25, -0.2) is 0 Å². The third-order valence-electron chi connectivity index (χ3n) is 14.1. The van der Waals surface area contributed by atoms with E-state index in [1.807, 2.05) is 12.1 Å². The van der Waals surface area contributed by atoms with Gasteiger partial charge in [0.15, 0.2) is 5.58 Å². The Bertz CT molecular complexity index is 3820. The molecule has 1 aromatic heterocycles. The molecule has 1 aliphatic carbocycles. The van der Waals surface area contributed by atoms with Gasteiger partial charge >= 0.3 is 0 Å². The summed E-state index contributed by atoms with van der Waals surface area (Å²) >= 11 is 0. The monoisotopic (exact) mass is 841 g/mol.